The molecule has 0 saturated carbocycles. The van der Waals surface area contributed by atoms with Gasteiger partial charge < -0.3 is 4.79 Å². The van der Waals surface area contributed by atoms with Crippen LogP contribution in [0.2, 0.25) is 0 Å². The van der Waals surface area contributed by atoms with Gasteiger partial charge in [-0.1, -0.05) is 107 Å². The first-order chi connectivity index (χ1) is 14.2. The highest BCUT2D eigenvalue weighted by Gasteiger charge is 2.10. The number of ketones is 2. The van der Waals surface area contributed by atoms with Crippen LogP contribution in [0.4, 0.5) is 0 Å². The van der Waals surface area contributed by atoms with Crippen molar-refractivity contribution >= 4 is 17.9 Å². The maximum Gasteiger partial charge on any atom is 0.170 e. The normalized spacial score (nSPS) is 10.8. The molecule has 0 amide bonds. The molecule has 0 atom stereocenters. The van der Waals surface area contributed by atoms with E-state index < -0.39 is 0 Å². The van der Waals surface area contributed by atoms with Gasteiger partial charge in [-0.3, -0.25) is 9.59 Å². The average molecular weight is 401 g/mol. The highest BCUT2D eigenvalue weighted by molar-refractivity contribution is 6.07. The molecular weight excluding hydrogens is 360 g/mol. The van der Waals surface area contributed by atoms with Gasteiger partial charge in [-0.2, -0.15) is 0 Å². The van der Waals surface area contributed by atoms with Crippen molar-refractivity contribution in [2.45, 2.75) is 109 Å². The Labute approximate surface area is 177 Å². The fourth-order valence-electron chi connectivity index (χ4n) is 3.66. The van der Waals surface area contributed by atoms with E-state index in [1.165, 1.54) is 70.6 Å². The Kier molecular flexibility index (Phi) is 15.9. The monoisotopic (exact) mass is 400 g/mol. The summed E-state index contributed by atoms with van der Waals surface area (Å²) in [5.41, 5.74) is 0.635. The van der Waals surface area contributed by atoms with Gasteiger partial charge in [0.15, 0.2) is 5.78 Å². The van der Waals surface area contributed by atoms with Crippen LogP contribution in [-0.4, -0.2) is 17.9 Å². The number of rotatable bonds is 20. The second-order valence-electron chi connectivity index (χ2n) is 8.16. The summed E-state index contributed by atoms with van der Waals surface area (Å²) in [6.07, 6.45) is 19.6. The molecular formula is C26H40O3. The van der Waals surface area contributed by atoms with Crippen LogP contribution in [0.5, 0.6) is 0 Å². The lowest BCUT2D eigenvalue weighted by Gasteiger charge is -2.04. The van der Waals surface area contributed by atoms with Gasteiger partial charge in [-0.05, 0) is 12.8 Å². The first-order valence-electron chi connectivity index (χ1n) is 11.8. The maximum absolute atomic E-state index is 12.0. The van der Waals surface area contributed by atoms with Gasteiger partial charge in [-0.15, -0.1) is 0 Å². The number of benzene rings is 1. The van der Waals surface area contributed by atoms with Gasteiger partial charge in [0.05, 0.1) is 6.42 Å². The zero-order valence-electron chi connectivity index (χ0n) is 18.2. The molecule has 0 heterocycles. The molecule has 1 aromatic rings. The van der Waals surface area contributed by atoms with Crippen molar-refractivity contribution in [3.8, 4) is 0 Å². The lowest BCUT2D eigenvalue weighted by molar-refractivity contribution is -0.118. The van der Waals surface area contributed by atoms with Crippen LogP contribution in [0.1, 0.15) is 120 Å². The van der Waals surface area contributed by atoms with Crippen LogP contribution in [-0.2, 0) is 9.59 Å². The molecule has 0 aromatic heterocycles. The Morgan fingerprint density at radius 1 is 0.621 bits per heavy atom. The molecule has 0 spiro atoms. The topological polar surface area (TPSA) is 51.2 Å². The van der Waals surface area contributed by atoms with Crippen LogP contribution in [0.3, 0.4) is 0 Å². The minimum Gasteiger partial charge on any atom is -0.303 e. The standard InChI is InChI=1S/C26H40O3/c27-22-18-13-11-9-7-5-3-1-2-4-6-8-10-12-17-21-25(28)23-26(29)24-19-15-14-16-20-24/h14-16,19-20,22H,1-13,17-18,21,23H2. The Hall–Kier alpha value is -1.77. The molecule has 0 bridgehead atoms. The number of carbonyl (C=O) groups is 3. The molecule has 3 nitrogen and oxygen atoms in total. The average Bonchev–Trinajstić information content (AvgIpc) is 2.74. The number of carbonyl (C=O) groups excluding carboxylic acids is 3. The Morgan fingerprint density at radius 3 is 1.55 bits per heavy atom. The van der Waals surface area contributed by atoms with E-state index in [0.717, 1.165) is 32.0 Å². The Balaban J connectivity index is 1.82. The molecule has 0 radical (unpaired) electrons. The van der Waals surface area contributed by atoms with Crippen LogP contribution in [0.15, 0.2) is 30.3 Å². The summed E-state index contributed by atoms with van der Waals surface area (Å²) in [4.78, 5) is 34.2. The Morgan fingerprint density at radius 2 is 1.07 bits per heavy atom. The number of aldehydes is 1. The van der Waals surface area contributed by atoms with E-state index in [4.69, 9.17) is 0 Å². The van der Waals surface area contributed by atoms with E-state index in [2.05, 4.69) is 0 Å². The minimum atomic E-state index is -0.0616. The van der Waals surface area contributed by atoms with Gasteiger partial charge in [0.2, 0.25) is 0 Å². The van der Waals surface area contributed by atoms with E-state index in [9.17, 15) is 14.4 Å². The fraction of sp³-hybridized carbons (Fsp3) is 0.654. The van der Waals surface area contributed by atoms with Crippen LogP contribution in [0.25, 0.3) is 0 Å². The molecule has 1 aromatic carbocycles. The molecule has 162 valence electrons. The second-order valence-corrected chi connectivity index (χ2v) is 8.16. The van der Waals surface area contributed by atoms with Crippen molar-refractivity contribution in [1.29, 1.82) is 0 Å². The molecule has 0 fully saturated rings. The quantitative estimate of drug-likeness (QED) is 0.100. The highest BCUT2D eigenvalue weighted by Crippen LogP contribution is 2.14. The third kappa shape index (κ3) is 14.8. The predicted molar refractivity (Wildman–Crippen MR) is 120 cm³/mol. The second kappa shape index (κ2) is 18.3. The highest BCUT2D eigenvalue weighted by atomic mass is 16.1. The smallest absolute Gasteiger partial charge is 0.170 e. The summed E-state index contributed by atoms with van der Waals surface area (Å²) in [6.45, 7) is 0. The van der Waals surface area contributed by atoms with Gasteiger partial charge in [0.25, 0.3) is 0 Å². The third-order valence-electron chi connectivity index (χ3n) is 5.48. The van der Waals surface area contributed by atoms with E-state index in [1.54, 1.807) is 12.1 Å². The minimum absolute atomic E-state index is 0.0444. The molecule has 0 N–H and O–H groups in total. The zero-order valence-corrected chi connectivity index (χ0v) is 18.2. The number of hydrogen-bond acceptors (Lipinski definition) is 3. The molecule has 0 saturated heterocycles. The molecule has 0 unspecified atom stereocenters. The number of unbranched alkanes of at least 4 members (excludes halogenated alkanes) is 14. The van der Waals surface area contributed by atoms with Gasteiger partial charge >= 0.3 is 0 Å². The molecule has 1 rings (SSSR count). The molecule has 0 aliphatic heterocycles. The molecule has 0 aliphatic carbocycles. The SMILES string of the molecule is O=CCCCCCCCCCCCCCCCCC(=O)CC(=O)c1ccccc1. The maximum atomic E-state index is 12.0. The Bertz CT molecular complexity index is 550. The summed E-state index contributed by atoms with van der Waals surface area (Å²) in [5.74, 6) is 0.0103. The van der Waals surface area contributed by atoms with Crippen molar-refractivity contribution in [2.75, 3.05) is 0 Å². The summed E-state index contributed by atoms with van der Waals surface area (Å²) in [5, 5.41) is 0. The zero-order chi connectivity index (χ0) is 21.0. The van der Waals surface area contributed by atoms with E-state index in [1.807, 2.05) is 18.2 Å². The van der Waals surface area contributed by atoms with E-state index in [-0.39, 0.29) is 18.0 Å². The van der Waals surface area contributed by atoms with Gasteiger partial charge in [-0.25, -0.2) is 0 Å². The molecule has 3 heteroatoms. The van der Waals surface area contributed by atoms with Crippen molar-refractivity contribution < 1.29 is 14.4 Å². The van der Waals surface area contributed by atoms with Crippen LogP contribution >= 0.6 is 0 Å². The van der Waals surface area contributed by atoms with Crippen molar-refractivity contribution in [2.24, 2.45) is 0 Å². The summed E-state index contributed by atoms with van der Waals surface area (Å²) >= 11 is 0. The largest absolute Gasteiger partial charge is 0.303 e. The van der Waals surface area contributed by atoms with Crippen molar-refractivity contribution in [3.05, 3.63) is 35.9 Å². The summed E-state index contributed by atoms with van der Waals surface area (Å²) < 4.78 is 0. The number of Topliss-reactive ketones (excluding diaryl/α,β-unsaturated/α-hetero) is 2. The first-order valence-corrected chi connectivity index (χ1v) is 11.8. The lowest BCUT2D eigenvalue weighted by atomic mass is 10.0. The lowest BCUT2D eigenvalue weighted by Crippen LogP contribution is -2.07. The fourth-order valence-corrected chi connectivity index (χ4v) is 3.66. The van der Waals surface area contributed by atoms with E-state index in [0.29, 0.717) is 12.0 Å². The van der Waals surface area contributed by atoms with Crippen molar-refractivity contribution in [1.82, 2.24) is 0 Å². The van der Waals surface area contributed by atoms with E-state index >= 15 is 0 Å². The number of hydrogen-bond donors (Lipinski definition) is 0. The van der Waals surface area contributed by atoms with Crippen LogP contribution in [0, 0.1) is 0 Å². The molecule has 29 heavy (non-hydrogen) atoms. The van der Waals surface area contributed by atoms with Crippen LogP contribution < -0.4 is 0 Å². The summed E-state index contributed by atoms with van der Waals surface area (Å²) in [7, 11) is 0. The first kappa shape index (κ1) is 25.3. The predicted octanol–water partition coefficient (Wildman–Crippen LogP) is 7.27. The van der Waals surface area contributed by atoms with Crippen molar-refractivity contribution in [3.63, 3.8) is 0 Å². The van der Waals surface area contributed by atoms with Gasteiger partial charge in [0, 0.05) is 18.4 Å². The van der Waals surface area contributed by atoms with Gasteiger partial charge in [0.1, 0.15) is 12.1 Å². The molecule has 0 aliphatic rings. The summed E-state index contributed by atoms with van der Waals surface area (Å²) in [6, 6.07) is 9.08. The third-order valence-corrected chi connectivity index (χ3v) is 5.48.